The lowest BCUT2D eigenvalue weighted by molar-refractivity contribution is 0.0697. The van der Waals surface area contributed by atoms with Crippen LogP contribution in [-0.2, 0) is 0 Å². The number of rotatable bonds is 5. The molecular weight excluding hydrogens is 318 g/mol. The van der Waals surface area contributed by atoms with Crippen LogP contribution >= 0.6 is 0 Å². The highest BCUT2D eigenvalue weighted by Gasteiger charge is 2.10. The Morgan fingerprint density at radius 3 is 2.52 bits per heavy atom. The molecule has 0 radical (unpaired) electrons. The molecule has 3 rings (SSSR count). The van der Waals surface area contributed by atoms with Gasteiger partial charge in [0.15, 0.2) is 0 Å². The highest BCUT2D eigenvalue weighted by atomic mass is 16.4. The van der Waals surface area contributed by atoms with E-state index in [1.165, 1.54) is 0 Å². The summed E-state index contributed by atoms with van der Waals surface area (Å²) < 4.78 is 1.85. The van der Waals surface area contributed by atoms with Gasteiger partial charge in [-0.3, -0.25) is 4.68 Å². The van der Waals surface area contributed by atoms with E-state index in [1.54, 1.807) is 36.7 Å². The number of carboxylic acids is 1. The summed E-state index contributed by atoms with van der Waals surface area (Å²) in [5.74, 6) is -0.485. The third-order valence-corrected chi connectivity index (χ3v) is 3.76. The molecule has 0 saturated heterocycles. The molecule has 7 heteroatoms. The van der Waals surface area contributed by atoms with E-state index in [2.05, 4.69) is 34.2 Å². The van der Waals surface area contributed by atoms with E-state index in [0.717, 1.165) is 22.5 Å². The maximum absolute atomic E-state index is 11.0. The number of aromatic carboxylic acids is 1. The van der Waals surface area contributed by atoms with Crippen molar-refractivity contribution in [3.05, 3.63) is 54.0 Å². The van der Waals surface area contributed by atoms with Crippen molar-refractivity contribution in [1.29, 1.82) is 0 Å². The van der Waals surface area contributed by atoms with Gasteiger partial charge in [0.25, 0.3) is 0 Å². The molecule has 25 heavy (non-hydrogen) atoms. The van der Waals surface area contributed by atoms with Crippen LogP contribution in [0.4, 0.5) is 11.6 Å². The van der Waals surface area contributed by atoms with Crippen LogP contribution in [0.2, 0.25) is 0 Å². The summed E-state index contributed by atoms with van der Waals surface area (Å²) in [6.45, 7) is 6.02. The van der Waals surface area contributed by atoms with Crippen molar-refractivity contribution >= 4 is 17.6 Å². The van der Waals surface area contributed by atoms with Gasteiger partial charge in [0.2, 0.25) is 5.95 Å². The minimum Gasteiger partial charge on any atom is -0.478 e. The molecule has 0 unspecified atom stereocenters. The van der Waals surface area contributed by atoms with Gasteiger partial charge in [0, 0.05) is 24.0 Å². The second-order valence-corrected chi connectivity index (χ2v) is 6.04. The normalized spacial score (nSPS) is 10.9. The Morgan fingerprint density at radius 2 is 1.92 bits per heavy atom. The van der Waals surface area contributed by atoms with Crippen LogP contribution < -0.4 is 5.32 Å². The third-order valence-electron chi connectivity index (χ3n) is 3.76. The van der Waals surface area contributed by atoms with Crippen molar-refractivity contribution in [1.82, 2.24) is 19.7 Å². The summed E-state index contributed by atoms with van der Waals surface area (Å²) >= 11 is 0. The quantitative estimate of drug-likeness (QED) is 0.738. The molecule has 0 spiro atoms. The first-order valence-corrected chi connectivity index (χ1v) is 7.92. The SMILES string of the molecule is Cc1cnc(Nc2cnn(C(C)C)c2)nc1-c1ccc(C(=O)O)cc1. The molecule has 0 fully saturated rings. The number of carboxylic acid groups (broad SMARTS) is 1. The second-order valence-electron chi connectivity index (χ2n) is 6.04. The number of aryl methyl sites for hydroxylation is 1. The fraction of sp³-hybridized carbons (Fsp3) is 0.222. The van der Waals surface area contributed by atoms with Crippen LogP contribution in [0.5, 0.6) is 0 Å². The predicted octanol–water partition coefficient (Wildman–Crippen LogP) is 3.67. The average Bonchev–Trinajstić information content (AvgIpc) is 3.05. The molecule has 0 aliphatic rings. The summed E-state index contributed by atoms with van der Waals surface area (Å²) in [7, 11) is 0. The molecular formula is C18H19N5O2. The van der Waals surface area contributed by atoms with Gasteiger partial charge in [-0.1, -0.05) is 12.1 Å². The van der Waals surface area contributed by atoms with E-state index in [-0.39, 0.29) is 11.6 Å². The standard InChI is InChI=1S/C18H19N5O2/c1-11(2)23-10-15(9-20-23)21-18-19-8-12(3)16(22-18)13-4-6-14(7-5-13)17(24)25/h4-11H,1-3H3,(H,24,25)(H,19,21,22). The van der Waals surface area contributed by atoms with E-state index in [9.17, 15) is 4.79 Å². The number of nitrogens with zero attached hydrogens (tertiary/aromatic N) is 4. The lowest BCUT2D eigenvalue weighted by Crippen LogP contribution is -2.01. The summed E-state index contributed by atoms with van der Waals surface area (Å²) in [4.78, 5) is 19.8. The van der Waals surface area contributed by atoms with Crippen LogP contribution in [0, 0.1) is 6.92 Å². The smallest absolute Gasteiger partial charge is 0.335 e. The number of hydrogen-bond acceptors (Lipinski definition) is 5. The topological polar surface area (TPSA) is 92.9 Å². The molecule has 2 heterocycles. The first-order valence-electron chi connectivity index (χ1n) is 7.92. The molecule has 0 saturated carbocycles. The summed E-state index contributed by atoms with van der Waals surface area (Å²) in [6.07, 6.45) is 5.36. The van der Waals surface area contributed by atoms with Gasteiger partial charge < -0.3 is 10.4 Å². The van der Waals surface area contributed by atoms with Gasteiger partial charge in [-0.25, -0.2) is 14.8 Å². The van der Waals surface area contributed by atoms with Crippen molar-refractivity contribution in [3.8, 4) is 11.3 Å². The molecule has 0 bridgehead atoms. The van der Waals surface area contributed by atoms with E-state index < -0.39 is 5.97 Å². The maximum Gasteiger partial charge on any atom is 0.335 e. The number of anilines is 2. The summed E-state index contributed by atoms with van der Waals surface area (Å²) in [5.41, 5.74) is 3.56. The molecule has 0 aliphatic heterocycles. The van der Waals surface area contributed by atoms with Crippen molar-refractivity contribution in [2.75, 3.05) is 5.32 Å². The number of hydrogen-bond donors (Lipinski definition) is 2. The Kier molecular flexibility index (Phi) is 4.47. The Labute approximate surface area is 145 Å². The van der Waals surface area contributed by atoms with Crippen LogP contribution in [-0.4, -0.2) is 30.8 Å². The van der Waals surface area contributed by atoms with Crippen molar-refractivity contribution in [3.63, 3.8) is 0 Å². The van der Waals surface area contributed by atoms with E-state index in [0.29, 0.717) is 5.95 Å². The fourth-order valence-electron chi connectivity index (χ4n) is 2.38. The van der Waals surface area contributed by atoms with Crippen molar-refractivity contribution in [2.24, 2.45) is 0 Å². The Balaban J connectivity index is 1.88. The highest BCUT2D eigenvalue weighted by Crippen LogP contribution is 2.23. The number of carbonyl (C=O) groups is 1. The van der Waals surface area contributed by atoms with Gasteiger partial charge >= 0.3 is 5.97 Å². The largest absolute Gasteiger partial charge is 0.478 e. The second kappa shape index (κ2) is 6.72. The number of benzene rings is 1. The van der Waals surface area contributed by atoms with Gasteiger partial charge in [-0.2, -0.15) is 5.10 Å². The number of nitrogens with one attached hydrogen (secondary N) is 1. The Bertz CT molecular complexity index is 900. The average molecular weight is 337 g/mol. The maximum atomic E-state index is 11.0. The first-order chi connectivity index (χ1) is 11.9. The molecule has 128 valence electrons. The predicted molar refractivity (Wildman–Crippen MR) is 95.1 cm³/mol. The zero-order chi connectivity index (χ0) is 18.0. The van der Waals surface area contributed by atoms with Crippen LogP contribution in [0.1, 0.15) is 35.8 Å². The summed E-state index contributed by atoms with van der Waals surface area (Å²) in [5, 5.41) is 16.4. The lowest BCUT2D eigenvalue weighted by Gasteiger charge is -2.08. The molecule has 3 aromatic rings. The molecule has 0 atom stereocenters. The summed E-state index contributed by atoms with van der Waals surface area (Å²) in [6, 6.07) is 6.91. The van der Waals surface area contributed by atoms with Crippen LogP contribution in [0.3, 0.4) is 0 Å². The monoisotopic (exact) mass is 337 g/mol. The molecule has 0 aliphatic carbocycles. The molecule has 7 nitrogen and oxygen atoms in total. The zero-order valence-electron chi connectivity index (χ0n) is 14.3. The Hall–Kier alpha value is -3.22. The third kappa shape index (κ3) is 3.65. The van der Waals surface area contributed by atoms with E-state index >= 15 is 0 Å². The fourth-order valence-corrected chi connectivity index (χ4v) is 2.38. The van der Waals surface area contributed by atoms with Gasteiger partial charge in [-0.15, -0.1) is 0 Å². The Morgan fingerprint density at radius 1 is 1.20 bits per heavy atom. The van der Waals surface area contributed by atoms with Crippen molar-refractivity contribution < 1.29 is 9.90 Å². The van der Waals surface area contributed by atoms with E-state index in [4.69, 9.17) is 5.11 Å². The van der Waals surface area contributed by atoms with Crippen molar-refractivity contribution in [2.45, 2.75) is 26.8 Å². The highest BCUT2D eigenvalue weighted by molar-refractivity contribution is 5.88. The van der Waals surface area contributed by atoms with Gasteiger partial charge in [0.1, 0.15) is 0 Å². The minimum absolute atomic E-state index is 0.245. The van der Waals surface area contributed by atoms with Crippen LogP contribution in [0.15, 0.2) is 42.9 Å². The number of aromatic nitrogens is 4. The van der Waals surface area contributed by atoms with Gasteiger partial charge in [-0.05, 0) is 38.5 Å². The zero-order valence-corrected chi connectivity index (χ0v) is 14.3. The van der Waals surface area contributed by atoms with Crippen LogP contribution in [0.25, 0.3) is 11.3 Å². The molecule has 2 N–H and O–H groups in total. The first kappa shape index (κ1) is 16.6. The minimum atomic E-state index is -0.949. The molecule has 0 amide bonds. The van der Waals surface area contributed by atoms with E-state index in [1.807, 2.05) is 17.8 Å². The molecule has 1 aromatic carbocycles. The lowest BCUT2D eigenvalue weighted by atomic mass is 10.1. The molecule has 2 aromatic heterocycles. The van der Waals surface area contributed by atoms with Gasteiger partial charge in [0.05, 0.1) is 23.1 Å².